The van der Waals surface area contributed by atoms with Gasteiger partial charge in [-0.25, -0.2) is 4.98 Å². The molecule has 0 saturated carbocycles. The van der Waals surface area contributed by atoms with Gasteiger partial charge in [-0.15, -0.1) is 0 Å². The van der Waals surface area contributed by atoms with E-state index in [1.807, 2.05) is 18.2 Å². The fraction of sp³-hybridized carbons (Fsp3) is 0.0769. The normalized spacial score (nSPS) is 9.79. The summed E-state index contributed by atoms with van der Waals surface area (Å²) >= 11 is 6.87. The Morgan fingerprint density at radius 3 is 2.74 bits per heavy atom. The number of benzene rings is 1. The first-order chi connectivity index (χ1) is 9.13. The second-order valence-corrected chi connectivity index (χ2v) is 5.32. The summed E-state index contributed by atoms with van der Waals surface area (Å²) in [6, 6.07) is 11.0. The fourth-order valence-electron chi connectivity index (χ4n) is 1.49. The van der Waals surface area contributed by atoms with Crippen molar-refractivity contribution >= 4 is 43.4 Å². The third kappa shape index (κ3) is 3.25. The van der Waals surface area contributed by atoms with Gasteiger partial charge in [-0.2, -0.15) is 5.26 Å². The lowest BCUT2D eigenvalue weighted by Gasteiger charge is -2.11. The Bertz CT molecular complexity index is 653. The van der Waals surface area contributed by atoms with Crippen LogP contribution in [0.25, 0.3) is 0 Å². The SMILES string of the molecule is COc1cc(Nc2cccc(C#N)n2)c(Br)cc1Br. The molecule has 19 heavy (non-hydrogen) atoms. The number of hydrogen-bond acceptors (Lipinski definition) is 4. The monoisotopic (exact) mass is 381 g/mol. The van der Waals surface area contributed by atoms with Crippen molar-refractivity contribution in [2.45, 2.75) is 0 Å². The Labute approximate surface area is 127 Å². The van der Waals surface area contributed by atoms with Crippen molar-refractivity contribution in [1.82, 2.24) is 4.98 Å². The molecule has 0 amide bonds. The average molecular weight is 383 g/mol. The molecule has 0 aliphatic rings. The van der Waals surface area contributed by atoms with Crippen molar-refractivity contribution in [3.8, 4) is 11.8 Å². The molecule has 0 saturated heterocycles. The summed E-state index contributed by atoms with van der Waals surface area (Å²) in [5.74, 6) is 1.31. The standard InChI is InChI=1S/C13H9Br2N3O/c1-19-12-6-11(9(14)5-10(12)15)18-13-4-2-3-8(7-16)17-13/h2-6H,1H3,(H,17,18). The number of methoxy groups -OCH3 is 1. The van der Waals surface area contributed by atoms with Crippen molar-refractivity contribution in [3.63, 3.8) is 0 Å². The second kappa shape index (κ2) is 6.04. The molecule has 0 radical (unpaired) electrons. The lowest BCUT2D eigenvalue weighted by Crippen LogP contribution is -1.97. The van der Waals surface area contributed by atoms with Gasteiger partial charge in [0, 0.05) is 10.5 Å². The minimum Gasteiger partial charge on any atom is -0.495 e. The van der Waals surface area contributed by atoms with E-state index < -0.39 is 0 Å². The third-order valence-corrected chi connectivity index (χ3v) is 3.64. The zero-order chi connectivity index (χ0) is 13.8. The molecule has 1 aromatic heterocycles. The zero-order valence-electron chi connectivity index (χ0n) is 9.95. The molecule has 0 aliphatic heterocycles. The topological polar surface area (TPSA) is 57.9 Å². The summed E-state index contributed by atoms with van der Waals surface area (Å²) in [5, 5.41) is 12.0. The van der Waals surface area contributed by atoms with Crippen LogP contribution in [0.3, 0.4) is 0 Å². The number of nitrogens with one attached hydrogen (secondary N) is 1. The number of aromatic nitrogens is 1. The Kier molecular flexibility index (Phi) is 4.40. The molecule has 0 bridgehead atoms. The second-order valence-electron chi connectivity index (χ2n) is 3.61. The third-order valence-electron chi connectivity index (χ3n) is 2.37. The van der Waals surface area contributed by atoms with Gasteiger partial charge < -0.3 is 10.1 Å². The fourth-order valence-corrected chi connectivity index (χ4v) is 2.74. The first-order valence-electron chi connectivity index (χ1n) is 5.31. The van der Waals surface area contributed by atoms with E-state index in [1.54, 1.807) is 25.3 Å². The van der Waals surface area contributed by atoms with Gasteiger partial charge in [0.2, 0.25) is 0 Å². The molecule has 1 N–H and O–H groups in total. The van der Waals surface area contributed by atoms with Crippen LogP contribution in [-0.4, -0.2) is 12.1 Å². The summed E-state index contributed by atoms with van der Waals surface area (Å²) in [5.41, 5.74) is 1.17. The molecule has 6 heteroatoms. The number of hydrogen-bond donors (Lipinski definition) is 1. The molecule has 0 atom stereocenters. The maximum Gasteiger partial charge on any atom is 0.142 e. The van der Waals surface area contributed by atoms with Crippen LogP contribution < -0.4 is 10.1 Å². The van der Waals surface area contributed by atoms with Crippen molar-refractivity contribution in [3.05, 3.63) is 45.0 Å². The summed E-state index contributed by atoms with van der Waals surface area (Å²) < 4.78 is 6.96. The van der Waals surface area contributed by atoms with Gasteiger partial charge in [0.05, 0.1) is 17.3 Å². The quantitative estimate of drug-likeness (QED) is 0.862. The van der Waals surface area contributed by atoms with E-state index in [1.165, 1.54) is 0 Å². The molecule has 0 unspecified atom stereocenters. The van der Waals surface area contributed by atoms with E-state index >= 15 is 0 Å². The molecule has 1 heterocycles. The van der Waals surface area contributed by atoms with Crippen molar-refractivity contribution in [2.24, 2.45) is 0 Å². The van der Waals surface area contributed by atoms with Gasteiger partial charge in [-0.3, -0.25) is 0 Å². The molecule has 0 aliphatic carbocycles. The maximum atomic E-state index is 8.83. The minimum absolute atomic E-state index is 0.366. The number of halogens is 2. The van der Waals surface area contributed by atoms with Gasteiger partial charge in [0.1, 0.15) is 23.3 Å². The van der Waals surface area contributed by atoms with Gasteiger partial charge >= 0.3 is 0 Å². The van der Waals surface area contributed by atoms with Crippen LogP contribution in [0.1, 0.15) is 5.69 Å². The van der Waals surface area contributed by atoms with Crippen LogP contribution in [0, 0.1) is 11.3 Å². The molecule has 1 aromatic carbocycles. The molecule has 2 rings (SSSR count). The van der Waals surface area contributed by atoms with Crippen LogP contribution in [0.4, 0.5) is 11.5 Å². The number of anilines is 2. The number of nitrogens with zero attached hydrogens (tertiary/aromatic N) is 2. The highest BCUT2D eigenvalue weighted by molar-refractivity contribution is 9.11. The molecule has 4 nitrogen and oxygen atoms in total. The van der Waals surface area contributed by atoms with Crippen LogP contribution >= 0.6 is 31.9 Å². The first-order valence-corrected chi connectivity index (χ1v) is 6.90. The lowest BCUT2D eigenvalue weighted by atomic mass is 10.3. The molecular weight excluding hydrogens is 374 g/mol. The Morgan fingerprint density at radius 1 is 1.26 bits per heavy atom. The molecule has 0 spiro atoms. The minimum atomic E-state index is 0.366. The van der Waals surface area contributed by atoms with Crippen LogP contribution in [0.2, 0.25) is 0 Å². The van der Waals surface area contributed by atoms with Gasteiger partial charge in [-0.05, 0) is 50.1 Å². The maximum absolute atomic E-state index is 8.83. The highest BCUT2D eigenvalue weighted by atomic mass is 79.9. The largest absolute Gasteiger partial charge is 0.495 e. The average Bonchev–Trinajstić information content (AvgIpc) is 2.42. The van der Waals surface area contributed by atoms with Gasteiger partial charge in [0.15, 0.2) is 0 Å². The van der Waals surface area contributed by atoms with Gasteiger partial charge in [-0.1, -0.05) is 6.07 Å². The van der Waals surface area contributed by atoms with E-state index in [0.29, 0.717) is 17.3 Å². The predicted molar refractivity (Wildman–Crippen MR) is 80.6 cm³/mol. The predicted octanol–water partition coefficient (Wildman–Crippen LogP) is 4.23. The zero-order valence-corrected chi connectivity index (χ0v) is 13.1. The smallest absolute Gasteiger partial charge is 0.142 e. The summed E-state index contributed by atoms with van der Waals surface area (Å²) in [7, 11) is 1.60. The Balaban J connectivity index is 2.35. The highest BCUT2D eigenvalue weighted by Gasteiger charge is 2.08. The van der Waals surface area contributed by atoms with E-state index in [0.717, 1.165) is 14.6 Å². The Morgan fingerprint density at radius 2 is 2.05 bits per heavy atom. The summed E-state index contributed by atoms with van der Waals surface area (Å²) in [6.07, 6.45) is 0. The highest BCUT2D eigenvalue weighted by Crippen LogP contribution is 2.35. The first kappa shape index (κ1) is 13.8. The van der Waals surface area contributed by atoms with E-state index in [-0.39, 0.29) is 0 Å². The van der Waals surface area contributed by atoms with Crippen molar-refractivity contribution in [2.75, 3.05) is 12.4 Å². The van der Waals surface area contributed by atoms with Gasteiger partial charge in [0.25, 0.3) is 0 Å². The number of pyridine rings is 1. The Hall–Kier alpha value is -1.58. The van der Waals surface area contributed by atoms with E-state index in [9.17, 15) is 0 Å². The van der Waals surface area contributed by atoms with Crippen LogP contribution in [0.15, 0.2) is 39.3 Å². The summed E-state index contributed by atoms with van der Waals surface area (Å²) in [6.45, 7) is 0. The summed E-state index contributed by atoms with van der Waals surface area (Å²) in [4.78, 5) is 4.16. The number of rotatable bonds is 3. The van der Waals surface area contributed by atoms with E-state index in [4.69, 9.17) is 10.00 Å². The van der Waals surface area contributed by atoms with Crippen LogP contribution in [-0.2, 0) is 0 Å². The lowest BCUT2D eigenvalue weighted by molar-refractivity contribution is 0.412. The number of nitriles is 1. The van der Waals surface area contributed by atoms with Crippen molar-refractivity contribution < 1.29 is 4.74 Å². The molecule has 2 aromatic rings. The van der Waals surface area contributed by atoms with Crippen LogP contribution in [0.5, 0.6) is 5.75 Å². The molecule has 96 valence electrons. The molecular formula is C13H9Br2N3O. The van der Waals surface area contributed by atoms with E-state index in [2.05, 4.69) is 42.2 Å². The molecule has 0 fully saturated rings. The number of ether oxygens (including phenoxy) is 1. The van der Waals surface area contributed by atoms with Crippen molar-refractivity contribution in [1.29, 1.82) is 5.26 Å².